The lowest BCUT2D eigenvalue weighted by Gasteiger charge is -2.32. The predicted octanol–water partition coefficient (Wildman–Crippen LogP) is 2.48. The Labute approximate surface area is 121 Å². The van der Waals surface area contributed by atoms with E-state index in [-0.39, 0.29) is 0 Å². The molecule has 0 amide bonds. The van der Waals surface area contributed by atoms with Crippen LogP contribution in [0.4, 0.5) is 11.6 Å². The lowest BCUT2D eigenvalue weighted by atomic mass is 10.1. The molecule has 5 nitrogen and oxygen atoms in total. The second-order valence-electron chi connectivity index (χ2n) is 5.26. The van der Waals surface area contributed by atoms with Crippen molar-refractivity contribution in [2.24, 2.45) is 0 Å². The first kappa shape index (κ1) is 15.0. The molecule has 5 heteroatoms. The van der Waals surface area contributed by atoms with Gasteiger partial charge in [-0.25, -0.2) is 9.97 Å². The molecule has 1 aromatic rings. The number of nitrogens with zero attached hydrogens (tertiary/aromatic N) is 3. The standard InChI is InChI=1S/C15H26N4O/c1-4-8-16-14-11-15(18-13(5-2)17-14)19(3)12-6-9-20-10-7-12/h11-12H,4-10H2,1-3H3,(H,16,17,18). The van der Waals surface area contributed by atoms with Gasteiger partial charge in [0.15, 0.2) is 0 Å². The van der Waals surface area contributed by atoms with Gasteiger partial charge in [0.05, 0.1) is 0 Å². The lowest BCUT2D eigenvalue weighted by Crippen LogP contribution is -2.37. The topological polar surface area (TPSA) is 50.3 Å². The van der Waals surface area contributed by atoms with Crippen molar-refractivity contribution in [2.45, 2.75) is 45.6 Å². The van der Waals surface area contributed by atoms with Crippen LogP contribution in [0.3, 0.4) is 0 Å². The maximum atomic E-state index is 5.44. The first-order valence-corrected chi connectivity index (χ1v) is 7.67. The van der Waals surface area contributed by atoms with Gasteiger partial charge in [0, 0.05) is 45.3 Å². The number of nitrogens with one attached hydrogen (secondary N) is 1. The van der Waals surface area contributed by atoms with E-state index >= 15 is 0 Å². The van der Waals surface area contributed by atoms with Crippen LogP contribution in [0.25, 0.3) is 0 Å². The number of rotatable bonds is 6. The highest BCUT2D eigenvalue weighted by Crippen LogP contribution is 2.21. The van der Waals surface area contributed by atoms with Crippen LogP contribution >= 0.6 is 0 Å². The van der Waals surface area contributed by atoms with Crippen LogP contribution in [0.1, 0.15) is 38.9 Å². The van der Waals surface area contributed by atoms with Crippen LogP contribution in [-0.4, -0.2) is 42.8 Å². The van der Waals surface area contributed by atoms with Gasteiger partial charge in [-0.05, 0) is 19.3 Å². The maximum absolute atomic E-state index is 5.44. The molecule has 0 unspecified atom stereocenters. The maximum Gasteiger partial charge on any atom is 0.134 e. The molecule has 0 aromatic carbocycles. The second kappa shape index (κ2) is 7.43. The molecule has 0 atom stereocenters. The molecule has 0 aliphatic carbocycles. The normalized spacial score (nSPS) is 16.1. The van der Waals surface area contributed by atoms with E-state index in [2.05, 4.69) is 47.1 Å². The minimum absolute atomic E-state index is 0.516. The van der Waals surface area contributed by atoms with Crippen LogP contribution in [0.5, 0.6) is 0 Å². The summed E-state index contributed by atoms with van der Waals surface area (Å²) in [5.41, 5.74) is 0. The van der Waals surface area contributed by atoms with Crippen molar-refractivity contribution >= 4 is 11.6 Å². The van der Waals surface area contributed by atoms with Gasteiger partial charge in [0.25, 0.3) is 0 Å². The SMILES string of the molecule is CCCNc1cc(N(C)C2CCOCC2)nc(CC)n1. The van der Waals surface area contributed by atoms with Crippen molar-refractivity contribution in [1.29, 1.82) is 0 Å². The minimum atomic E-state index is 0.516. The Kier molecular flexibility index (Phi) is 5.59. The zero-order valence-electron chi connectivity index (χ0n) is 12.9. The summed E-state index contributed by atoms with van der Waals surface area (Å²) in [5, 5.41) is 3.36. The third-order valence-electron chi connectivity index (χ3n) is 3.73. The Hall–Kier alpha value is -1.36. The summed E-state index contributed by atoms with van der Waals surface area (Å²) in [7, 11) is 2.13. The predicted molar refractivity (Wildman–Crippen MR) is 82.4 cm³/mol. The van der Waals surface area contributed by atoms with Gasteiger partial charge < -0.3 is 15.0 Å². The highest BCUT2D eigenvalue weighted by Gasteiger charge is 2.20. The molecule has 1 aliphatic rings. The molecule has 1 saturated heterocycles. The van der Waals surface area contributed by atoms with Crippen molar-refractivity contribution in [1.82, 2.24) is 9.97 Å². The van der Waals surface area contributed by atoms with Gasteiger partial charge in [0.1, 0.15) is 17.5 Å². The summed E-state index contributed by atoms with van der Waals surface area (Å²) in [6.45, 7) is 6.89. The molecule has 1 aromatic heterocycles. The van der Waals surface area contributed by atoms with Gasteiger partial charge in [0.2, 0.25) is 0 Å². The fourth-order valence-electron chi connectivity index (χ4n) is 2.43. The molecule has 0 spiro atoms. The van der Waals surface area contributed by atoms with Crippen LogP contribution in [-0.2, 0) is 11.2 Å². The summed E-state index contributed by atoms with van der Waals surface area (Å²) < 4.78 is 5.44. The van der Waals surface area contributed by atoms with Crippen molar-refractivity contribution in [2.75, 3.05) is 37.0 Å². The molecule has 1 N–H and O–H groups in total. The van der Waals surface area contributed by atoms with Crippen LogP contribution < -0.4 is 10.2 Å². The molecule has 0 radical (unpaired) electrons. The number of hydrogen-bond acceptors (Lipinski definition) is 5. The molecular weight excluding hydrogens is 252 g/mol. The fraction of sp³-hybridized carbons (Fsp3) is 0.733. The highest BCUT2D eigenvalue weighted by atomic mass is 16.5. The highest BCUT2D eigenvalue weighted by molar-refractivity contribution is 5.49. The number of aromatic nitrogens is 2. The minimum Gasteiger partial charge on any atom is -0.381 e. The van der Waals surface area contributed by atoms with Crippen LogP contribution in [0, 0.1) is 0 Å². The summed E-state index contributed by atoms with van der Waals surface area (Å²) in [4.78, 5) is 11.5. The van der Waals surface area contributed by atoms with Crippen molar-refractivity contribution < 1.29 is 4.74 Å². The van der Waals surface area contributed by atoms with Gasteiger partial charge in [-0.3, -0.25) is 0 Å². The fourth-order valence-corrected chi connectivity index (χ4v) is 2.43. The second-order valence-corrected chi connectivity index (χ2v) is 5.26. The van der Waals surface area contributed by atoms with Crippen LogP contribution in [0.2, 0.25) is 0 Å². The summed E-state index contributed by atoms with van der Waals surface area (Å²) in [5.74, 6) is 2.86. The lowest BCUT2D eigenvalue weighted by molar-refractivity contribution is 0.0853. The third-order valence-corrected chi connectivity index (χ3v) is 3.73. The number of ether oxygens (including phenoxy) is 1. The van der Waals surface area contributed by atoms with Crippen molar-refractivity contribution in [3.63, 3.8) is 0 Å². The Morgan fingerprint density at radius 2 is 2.05 bits per heavy atom. The average molecular weight is 278 g/mol. The number of aryl methyl sites for hydroxylation is 1. The number of anilines is 2. The van der Waals surface area contributed by atoms with E-state index in [9.17, 15) is 0 Å². The van der Waals surface area contributed by atoms with E-state index in [1.54, 1.807) is 0 Å². The van der Waals surface area contributed by atoms with E-state index in [1.807, 2.05) is 0 Å². The van der Waals surface area contributed by atoms with Gasteiger partial charge in [-0.1, -0.05) is 13.8 Å². The zero-order valence-corrected chi connectivity index (χ0v) is 12.9. The molecule has 0 bridgehead atoms. The molecule has 20 heavy (non-hydrogen) atoms. The quantitative estimate of drug-likeness (QED) is 0.866. The van der Waals surface area contributed by atoms with Crippen molar-refractivity contribution in [3.8, 4) is 0 Å². The Bertz CT molecular complexity index is 418. The first-order chi connectivity index (χ1) is 9.74. The Morgan fingerprint density at radius 3 is 2.70 bits per heavy atom. The third kappa shape index (κ3) is 3.82. The summed E-state index contributed by atoms with van der Waals surface area (Å²) >= 11 is 0. The smallest absolute Gasteiger partial charge is 0.134 e. The van der Waals surface area contributed by atoms with Gasteiger partial charge >= 0.3 is 0 Å². The van der Waals surface area contributed by atoms with E-state index in [4.69, 9.17) is 4.74 Å². The first-order valence-electron chi connectivity index (χ1n) is 7.67. The van der Waals surface area contributed by atoms with E-state index < -0.39 is 0 Å². The molecule has 2 rings (SSSR count). The van der Waals surface area contributed by atoms with E-state index in [0.29, 0.717) is 6.04 Å². The van der Waals surface area contributed by atoms with Gasteiger partial charge in [-0.15, -0.1) is 0 Å². The van der Waals surface area contributed by atoms with E-state index in [1.165, 1.54) is 0 Å². The molecule has 2 heterocycles. The van der Waals surface area contributed by atoms with Crippen molar-refractivity contribution in [3.05, 3.63) is 11.9 Å². The molecule has 1 fully saturated rings. The summed E-state index contributed by atoms with van der Waals surface area (Å²) in [6, 6.07) is 2.58. The Balaban J connectivity index is 2.15. The average Bonchev–Trinajstić information content (AvgIpc) is 2.52. The Morgan fingerprint density at radius 1 is 1.30 bits per heavy atom. The summed E-state index contributed by atoms with van der Waals surface area (Å²) in [6.07, 6.45) is 4.09. The van der Waals surface area contributed by atoms with Gasteiger partial charge in [-0.2, -0.15) is 0 Å². The molecule has 1 aliphatic heterocycles. The van der Waals surface area contributed by atoms with Crippen LogP contribution in [0.15, 0.2) is 6.07 Å². The largest absolute Gasteiger partial charge is 0.381 e. The van der Waals surface area contributed by atoms with E-state index in [0.717, 1.165) is 62.9 Å². The molecule has 112 valence electrons. The number of hydrogen-bond donors (Lipinski definition) is 1. The molecule has 0 saturated carbocycles. The zero-order chi connectivity index (χ0) is 14.4. The molecular formula is C15H26N4O. The monoisotopic (exact) mass is 278 g/mol.